The Morgan fingerprint density at radius 1 is 1.12 bits per heavy atom. The summed E-state index contributed by atoms with van der Waals surface area (Å²) in [6, 6.07) is 9.05. The van der Waals surface area contributed by atoms with Crippen LogP contribution in [0.3, 0.4) is 0 Å². The average Bonchev–Trinajstić information content (AvgIpc) is 3.21. The highest BCUT2D eigenvalue weighted by molar-refractivity contribution is 7.58. The smallest absolute Gasteiger partial charge is 0.331 e. The van der Waals surface area contributed by atoms with E-state index in [9.17, 15) is 23.8 Å². The molecule has 1 saturated heterocycles. The van der Waals surface area contributed by atoms with Crippen molar-refractivity contribution in [3.8, 4) is 0 Å². The summed E-state index contributed by atoms with van der Waals surface area (Å²) >= 11 is 0. The van der Waals surface area contributed by atoms with Gasteiger partial charge in [0, 0.05) is 12.7 Å². The molecular formula is C23H34NO7P. The molecule has 0 spiro atoms. The van der Waals surface area contributed by atoms with Crippen LogP contribution in [0.15, 0.2) is 30.3 Å². The van der Waals surface area contributed by atoms with Crippen LogP contribution in [-0.2, 0) is 34.8 Å². The van der Waals surface area contributed by atoms with Crippen molar-refractivity contribution in [2.24, 2.45) is 5.41 Å². The number of hydrogen-bond acceptors (Lipinski definition) is 6. The number of carbonyl (C=O) groups is 3. The number of esters is 2. The summed E-state index contributed by atoms with van der Waals surface area (Å²) < 4.78 is 22.5. The Bertz CT molecular complexity index is 834. The Morgan fingerprint density at radius 2 is 1.81 bits per heavy atom. The van der Waals surface area contributed by atoms with Crippen molar-refractivity contribution >= 4 is 25.2 Å². The molecule has 0 aromatic heterocycles. The maximum absolute atomic E-state index is 12.6. The number of nitrogens with zero attached hydrogens (tertiary/aromatic N) is 1. The molecule has 1 N–H and O–H groups in total. The molecule has 178 valence electrons. The van der Waals surface area contributed by atoms with E-state index in [-0.39, 0.29) is 6.16 Å². The molecule has 2 rings (SSSR count). The van der Waals surface area contributed by atoms with Gasteiger partial charge in [0.15, 0.2) is 0 Å². The maximum atomic E-state index is 12.6. The minimum absolute atomic E-state index is 0.0667. The Balaban J connectivity index is 1.78. The fourth-order valence-electron chi connectivity index (χ4n) is 3.48. The number of amides is 1. The fourth-order valence-corrected chi connectivity index (χ4v) is 4.96. The number of benzene rings is 1. The quantitative estimate of drug-likeness (QED) is 0.243. The number of ether oxygens (including phenoxy) is 2. The SMILES string of the molecule is CC(C)(C)C(=O)OCOC(=O)[C@@H]1CCCN1C(=O)CP(=O)(O)CCCCc1ccccc1. The molecule has 1 heterocycles. The molecule has 1 unspecified atom stereocenters. The summed E-state index contributed by atoms with van der Waals surface area (Å²) in [7, 11) is -3.64. The van der Waals surface area contributed by atoms with Crippen LogP contribution in [0.25, 0.3) is 0 Å². The van der Waals surface area contributed by atoms with Crippen LogP contribution in [0.2, 0.25) is 0 Å². The molecule has 1 aliphatic rings. The van der Waals surface area contributed by atoms with E-state index < -0.39 is 49.6 Å². The van der Waals surface area contributed by atoms with E-state index >= 15 is 0 Å². The van der Waals surface area contributed by atoms with Crippen molar-refractivity contribution in [3.05, 3.63) is 35.9 Å². The molecule has 1 amide bonds. The zero-order valence-corrected chi connectivity index (χ0v) is 20.0. The second-order valence-electron chi connectivity index (χ2n) is 9.18. The largest absolute Gasteiger partial charge is 0.427 e. The predicted octanol–water partition coefficient (Wildman–Crippen LogP) is 3.36. The summed E-state index contributed by atoms with van der Waals surface area (Å²) in [5.74, 6) is -1.70. The topological polar surface area (TPSA) is 110 Å². The molecule has 0 aliphatic carbocycles. The molecule has 0 radical (unpaired) electrons. The van der Waals surface area contributed by atoms with Gasteiger partial charge in [-0.05, 0) is 58.4 Å². The van der Waals surface area contributed by atoms with Gasteiger partial charge in [0.2, 0.25) is 20.1 Å². The van der Waals surface area contributed by atoms with Gasteiger partial charge < -0.3 is 19.3 Å². The summed E-state index contributed by atoms with van der Waals surface area (Å²) in [4.78, 5) is 48.3. The Morgan fingerprint density at radius 3 is 2.47 bits per heavy atom. The zero-order valence-electron chi connectivity index (χ0n) is 19.1. The standard InChI is InChI=1S/C23H34NO7P/c1-23(2,3)22(27)31-17-30-21(26)19-13-9-14-24(19)20(25)16-32(28,29)15-8-7-12-18-10-5-4-6-11-18/h4-6,10-11,19H,7-9,12-17H2,1-3H3,(H,28,29)/t19-/m0/s1. The number of rotatable bonds is 10. The lowest BCUT2D eigenvalue weighted by Gasteiger charge is -2.24. The van der Waals surface area contributed by atoms with Crippen LogP contribution in [0.4, 0.5) is 0 Å². The highest BCUT2D eigenvalue weighted by Crippen LogP contribution is 2.42. The van der Waals surface area contributed by atoms with Gasteiger partial charge >= 0.3 is 11.9 Å². The van der Waals surface area contributed by atoms with Crippen LogP contribution in [0.5, 0.6) is 0 Å². The first-order chi connectivity index (χ1) is 15.0. The van der Waals surface area contributed by atoms with E-state index in [1.54, 1.807) is 20.8 Å². The van der Waals surface area contributed by atoms with Gasteiger partial charge in [0.05, 0.1) is 5.41 Å². The zero-order chi connectivity index (χ0) is 23.8. The van der Waals surface area contributed by atoms with Crippen LogP contribution in [-0.4, -0.2) is 59.3 Å². The van der Waals surface area contributed by atoms with E-state index in [1.807, 2.05) is 30.3 Å². The minimum atomic E-state index is -3.64. The normalized spacial score (nSPS) is 18.1. The van der Waals surface area contributed by atoms with Crippen molar-refractivity contribution in [3.63, 3.8) is 0 Å². The molecule has 2 atom stereocenters. The molecule has 1 aromatic rings. The van der Waals surface area contributed by atoms with Crippen molar-refractivity contribution < 1.29 is 33.3 Å². The van der Waals surface area contributed by atoms with Crippen molar-refractivity contribution in [1.29, 1.82) is 0 Å². The number of hydrogen-bond donors (Lipinski definition) is 1. The summed E-state index contributed by atoms with van der Waals surface area (Å²) in [6.07, 6.45) is 2.70. The average molecular weight is 467 g/mol. The van der Waals surface area contributed by atoms with Gasteiger partial charge in [-0.2, -0.15) is 0 Å². The van der Waals surface area contributed by atoms with Gasteiger partial charge in [-0.1, -0.05) is 30.3 Å². The molecule has 8 nitrogen and oxygen atoms in total. The second-order valence-corrected chi connectivity index (χ2v) is 11.6. The molecule has 9 heteroatoms. The highest BCUT2D eigenvalue weighted by atomic mass is 31.2. The first kappa shape index (κ1) is 26.1. The summed E-state index contributed by atoms with van der Waals surface area (Å²) in [5.41, 5.74) is 0.452. The number of carbonyl (C=O) groups excluding carboxylic acids is 3. The Hall–Kier alpha value is -2.18. The molecule has 32 heavy (non-hydrogen) atoms. The summed E-state index contributed by atoms with van der Waals surface area (Å²) in [5, 5.41) is 0. The number of aryl methyl sites for hydroxylation is 1. The van der Waals surface area contributed by atoms with E-state index in [1.165, 1.54) is 10.5 Å². The van der Waals surface area contributed by atoms with Crippen molar-refractivity contribution in [1.82, 2.24) is 4.90 Å². The van der Waals surface area contributed by atoms with E-state index in [0.29, 0.717) is 25.8 Å². The van der Waals surface area contributed by atoms with Gasteiger partial charge in [-0.3, -0.25) is 14.2 Å². The monoisotopic (exact) mass is 467 g/mol. The van der Waals surface area contributed by atoms with Gasteiger partial charge in [-0.15, -0.1) is 0 Å². The Labute approximate surface area is 189 Å². The third kappa shape index (κ3) is 8.40. The molecular weight excluding hydrogens is 433 g/mol. The minimum Gasteiger partial charge on any atom is -0.427 e. The maximum Gasteiger partial charge on any atom is 0.331 e. The van der Waals surface area contributed by atoms with Crippen LogP contribution < -0.4 is 0 Å². The first-order valence-electron chi connectivity index (χ1n) is 11.0. The Kier molecular flexibility index (Phi) is 9.47. The van der Waals surface area contributed by atoms with Crippen molar-refractivity contribution in [2.45, 2.75) is 58.9 Å². The van der Waals surface area contributed by atoms with Crippen LogP contribution in [0, 0.1) is 5.41 Å². The van der Waals surface area contributed by atoms with Crippen LogP contribution in [0.1, 0.15) is 52.0 Å². The first-order valence-corrected chi connectivity index (χ1v) is 13.0. The highest BCUT2D eigenvalue weighted by Gasteiger charge is 2.37. The van der Waals surface area contributed by atoms with Gasteiger partial charge in [-0.25, -0.2) is 4.79 Å². The number of likely N-dealkylation sites (tertiary alicyclic amines) is 1. The van der Waals surface area contributed by atoms with Crippen LogP contribution >= 0.6 is 7.37 Å². The molecule has 1 aromatic carbocycles. The van der Waals surface area contributed by atoms with E-state index in [0.717, 1.165) is 12.8 Å². The van der Waals surface area contributed by atoms with Crippen molar-refractivity contribution in [2.75, 3.05) is 25.7 Å². The van der Waals surface area contributed by atoms with E-state index in [4.69, 9.17) is 9.47 Å². The lowest BCUT2D eigenvalue weighted by atomic mass is 9.98. The van der Waals surface area contributed by atoms with Gasteiger partial charge in [0.1, 0.15) is 12.2 Å². The number of unbranched alkanes of at least 4 members (excludes halogenated alkanes) is 1. The third-order valence-electron chi connectivity index (χ3n) is 5.30. The van der Waals surface area contributed by atoms with E-state index in [2.05, 4.69) is 0 Å². The molecule has 1 fully saturated rings. The fraction of sp³-hybridized carbons (Fsp3) is 0.609. The second kappa shape index (κ2) is 11.6. The summed E-state index contributed by atoms with van der Waals surface area (Å²) in [6.45, 7) is 4.86. The lowest BCUT2D eigenvalue weighted by molar-refractivity contribution is -0.176. The molecule has 0 bridgehead atoms. The molecule has 0 saturated carbocycles. The van der Waals surface area contributed by atoms with Gasteiger partial charge in [0.25, 0.3) is 0 Å². The predicted molar refractivity (Wildman–Crippen MR) is 120 cm³/mol. The third-order valence-corrected chi connectivity index (χ3v) is 7.08. The lowest BCUT2D eigenvalue weighted by Crippen LogP contribution is -2.43. The molecule has 1 aliphatic heterocycles.